The Labute approximate surface area is 165 Å². The van der Waals surface area contributed by atoms with Crippen molar-refractivity contribution in [1.29, 1.82) is 0 Å². The number of piperidine rings is 1. The average Bonchev–Trinajstić information content (AvgIpc) is 3.33. The van der Waals surface area contributed by atoms with Crippen LogP contribution in [-0.2, 0) is 10.4 Å². The van der Waals surface area contributed by atoms with E-state index in [0.717, 1.165) is 10.5 Å². The fourth-order valence-corrected chi connectivity index (χ4v) is 4.93. The summed E-state index contributed by atoms with van der Waals surface area (Å²) in [5.41, 5.74) is -0.0349. The molecule has 0 bridgehead atoms. The number of hydrogen-bond acceptors (Lipinski definition) is 4. The van der Waals surface area contributed by atoms with Crippen molar-refractivity contribution in [3.8, 4) is 0 Å². The third kappa shape index (κ3) is 3.63. The number of likely N-dealkylation sites (tertiary alicyclic amines) is 1. The van der Waals surface area contributed by atoms with Crippen LogP contribution in [0.1, 0.15) is 24.0 Å². The van der Waals surface area contributed by atoms with Gasteiger partial charge < -0.3 is 10.0 Å². The zero-order chi connectivity index (χ0) is 19.0. The lowest BCUT2D eigenvalue weighted by Gasteiger charge is -2.39. The van der Waals surface area contributed by atoms with Crippen LogP contribution < -0.4 is 0 Å². The van der Waals surface area contributed by atoms with Gasteiger partial charge in [-0.2, -0.15) is 5.10 Å². The predicted octanol–water partition coefficient (Wildman–Crippen LogP) is 3.42. The summed E-state index contributed by atoms with van der Waals surface area (Å²) < 4.78 is 14.2. The highest BCUT2D eigenvalue weighted by Crippen LogP contribution is 2.39. The Morgan fingerprint density at radius 2 is 2.19 bits per heavy atom. The minimum Gasteiger partial charge on any atom is -0.385 e. The first-order valence-corrected chi connectivity index (χ1v) is 10.1. The van der Waals surface area contributed by atoms with E-state index in [9.17, 15) is 14.3 Å². The van der Waals surface area contributed by atoms with Crippen LogP contribution in [0, 0.1) is 11.7 Å². The molecule has 1 unspecified atom stereocenters. The lowest BCUT2D eigenvalue weighted by atomic mass is 9.84. The number of carbonyl (C=O) groups excluding carboxylic acids is 1. The minimum absolute atomic E-state index is 0.0552. The van der Waals surface area contributed by atoms with Crippen molar-refractivity contribution in [2.75, 3.05) is 18.8 Å². The number of hydrogen-bond donors (Lipinski definition) is 2. The maximum Gasteiger partial charge on any atom is 0.230 e. The number of nitrogens with zero attached hydrogens (tertiary/aromatic N) is 2. The molecule has 0 spiro atoms. The van der Waals surface area contributed by atoms with Gasteiger partial charge in [-0.1, -0.05) is 23.7 Å². The fourth-order valence-electron chi connectivity index (χ4n) is 3.63. The molecule has 2 aliphatic heterocycles. The number of halogens is 2. The smallest absolute Gasteiger partial charge is 0.230 e. The summed E-state index contributed by atoms with van der Waals surface area (Å²) in [5.74, 6) is 0.0639. The largest absolute Gasteiger partial charge is 0.385 e. The van der Waals surface area contributed by atoms with Gasteiger partial charge >= 0.3 is 0 Å². The fraction of sp³-hybridized carbons (Fsp3) is 0.368. The van der Waals surface area contributed by atoms with Gasteiger partial charge in [-0.15, -0.1) is 11.8 Å². The van der Waals surface area contributed by atoms with Crippen molar-refractivity contribution in [1.82, 2.24) is 15.1 Å². The lowest BCUT2D eigenvalue weighted by molar-refractivity contribution is -0.138. The van der Waals surface area contributed by atoms with Crippen LogP contribution in [0.5, 0.6) is 0 Å². The van der Waals surface area contributed by atoms with Gasteiger partial charge in [0.25, 0.3) is 0 Å². The highest BCUT2D eigenvalue weighted by atomic mass is 35.5. The molecule has 1 saturated heterocycles. The second-order valence-corrected chi connectivity index (χ2v) is 8.41. The summed E-state index contributed by atoms with van der Waals surface area (Å²) in [6, 6.07) is 4.32. The average molecular weight is 408 g/mol. The Balaban J connectivity index is 1.42. The van der Waals surface area contributed by atoms with E-state index in [0.29, 0.717) is 36.7 Å². The van der Waals surface area contributed by atoms with Crippen molar-refractivity contribution >= 4 is 34.2 Å². The highest BCUT2D eigenvalue weighted by Gasteiger charge is 2.39. The molecule has 1 atom stereocenters. The van der Waals surface area contributed by atoms with E-state index in [1.807, 2.05) is 12.3 Å². The molecular formula is C19H19ClFN3O2S. The van der Waals surface area contributed by atoms with Crippen LogP contribution in [0.25, 0.3) is 4.91 Å². The van der Waals surface area contributed by atoms with E-state index < -0.39 is 11.4 Å². The molecule has 1 amide bonds. The monoisotopic (exact) mass is 407 g/mol. The Hall–Kier alpha value is -1.83. The van der Waals surface area contributed by atoms with Crippen LogP contribution in [0.4, 0.5) is 4.39 Å². The first kappa shape index (κ1) is 18.5. The molecule has 1 aromatic heterocycles. The molecule has 0 saturated carbocycles. The Kier molecular flexibility index (Phi) is 5.01. The number of H-pyrrole nitrogens is 1. The van der Waals surface area contributed by atoms with Crippen LogP contribution in [0.3, 0.4) is 0 Å². The molecule has 2 N–H and O–H groups in total. The van der Waals surface area contributed by atoms with Crippen molar-refractivity contribution < 1.29 is 14.3 Å². The van der Waals surface area contributed by atoms with Gasteiger partial charge in [-0.05, 0) is 25.0 Å². The molecule has 0 aliphatic carbocycles. The van der Waals surface area contributed by atoms with E-state index in [-0.39, 0.29) is 17.4 Å². The van der Waals surface area contributed by atoms with Crippen LogP contribution >= 0.6 is 23.4 Å². The summed E-state index contributed by atoms with van der Waals surface area (Å²) in [7, 11) is 0. The number of rotatable bonds is 3. The summed E-state index contributed by atoms with van der Waals surface area (Å²) in [6.45, 7) is 0.793. The third-order valence-corrected chi connectivity index (χ3v) is 6.65. The summed E-state index contributed by atoms with van der Waals surface area (Å²) in [4.78, 5) is 15.7. The van der Waals surface area contributed by atoms with E-state index in [4.69, 9.17) is 11.6 Å². The predicted molar refractivity (Wildman–Crippen MR) is 104 cm³/mol. The number of amides is 1. The Morgan fingerprint density at radius 3 is 2.85 bits per heavy atom. The van der Waals surface area contributed by atoms with Gasteiger partial charge in [0.2, 0.25) is 5.91 Å². The van der Waals surface area contributed by atoms with Gasteiger partial charge in [-0.25, -0.2) is 4.39 Å². The number of aromatic nitrogens is 2. The number of nitrogens with one attached hydrogen (secondary N) is 1. The topological polar surface area (TPSA) is 69.2 Å². The van der Waals surface area contributed by atoms with Crippen molar-refractivity contribution in [3.05, 3.63) is 58.6 Å². The second-order valence-electron chi connectivity index (χ2n) is 6.92. The first-order chi connectivity index (χ1) is 13.0. The number of carbonyl (C=O) groups is 1. The van der Waals surface area contributed by atoms with Gasteiger partial charge in [0.15, 0.2) is 0 Å². The van der Waals surface area contributed by atoms with Crippen molar-refractivity contribution in [3.63, 3.8) is 0 Å². The van der Waals surface area contributed by atoms with E-state index >= 15 is 0 Å². The molecule has 142 valence electrons. The second kappa shape index (κ2) is 7.30. The summed E-state index contributed by atoms with van der Waals surface area (Å²) >= 11 is 7.44. The number of aliphatic hydroxyl groups is 1. The molecule has 2 aliphatic rings. The quantitative estimate of drug-likeness (QED) is 0.818. The molecule has 5 nitrogen and oxygen atoms in total. The van der Waals surface area contributed by atoms with Crippen molar-refractivity contribution in [2.45, 2.75) is 18.4 Å². The summed E-state index contributed by atoms with van der Waals surface area (Å²) in [5, 5.41) is 17.9. The van der Waals surface area contributed by atoms with Crippen molar-refractivity contribution in [2.24, 2.45) is 5.92 Å². The molecule has 3 heterocycles. The van der Waals surface area contributed by atoms with E-state index in [2.05, 4.69) is 10.2 Å². The Bertz CT molecular complexity index is 879. The third-order valence-electron chi connectivity index (χ3n) is 5.21. The molecule has 2 aromatic rings. The SMILES string of the molecule is O=C(C1C=C(c2cn[nH]c2)SC1)N1CCC(O)(c2ccc(Cl)cc2F)CC1. The van der Waals surface area contributed by atoms with Gasteiger partial charge in [0.05, 0.1) is 17.7 Å². The normalized spacial score (nSPS) is 22.0. The van der Waals surface area contributed by atoms with Gasteiger partial charge in [0.1, 0.15) is 5.82 Å². The zero-order valence-electron chi connectivity index (χ0n) is 14.5. The summed E-state index contributed by atoms with van der Waals surface area (Å²) in [6.07, 6.45) is 6.14. The van der Waals surface area contributed by atoms with Gasteiger partial charge in [0, 0.05) is 46.1 Å². The van der Waals surface area contributed by atoms with Crippen LogP contribution in [0.2, 0.25) is 5.02 Å². The lowest BCUT2D eigenvalue weighted by Crippen LogP contribution is -2.47. The maximum atomic E-state index is 14.2. The van der Waals surface area contributed by atoms with Crippen LogP contribution in [0.15, 0.2) is 36.7 Å². The number of thioether (sulfide) groups is 1. The Morgan fingerprint density at radius 1 is 1.41 bits per heavy atom. The van der Waals surface area contributed by atoms with Gasteiger partial charge in [-0.3, -0.25) is 9.89 Å². The molecule has 27 heavy (non-hydrogen) atoms. The first-order valence-electron chi connectivity index (χ1n) is 8.77. The highest BCUT2D eigenvalue weighted by molar-refractivity contribution is 8.08. The minimum atomic E-state index is -1.27. The molecule has 8 heteroatoms. The van der Waals surface area contributed by atoms with E-state index in [1.54, 1.807) is 28.9 Å². The maximum absolute atomic E-state index is 14.2. The molecule has 1 aromatic carbocycles. The zero-order valence-corrected chi connectivity index (χ0v) is 16.1. The number of aromatic amines is 1. The number of benzene rings is 1. The van der Waals surface area contributed by atoms with E-state index in [1.165, 1.54) is 12.1 Å². The molecule has 0 radical (unpaired) electrons. The molecular weight excluding hydrogens is 389 g/mol. The standard InChI is InChI=1S/C19H19ClFN3O2S/c20-14-1-2-15(16(21)8-14)19(26)3-5-24(6-4-19)18(25)12-7-17(27-11-12)13-9-22-23-10-13/h1-2,7-10,12,26H,3-6,11H2,(H,22,23). The molecule has 1 fully saturated rings. The van der Waals surface area contributed by atoms with Crippen LogP contribution in [-0.4, -0.2) is 45.0 Å². The molecule has 4 rings (SSSR count).